The Balaban J connectivity index is 4.39. The zero-order valence-electron chi connectivity index (χ0n) is 37.2. The number of hydrogen-bond acceptors (Lipinski definition) is 3. The van der Waals surface area contributed by atoms with Crippen LogP contribution < -0.4 is 5.09 Å². The average Bonchev–Trinajstić information content (AvgIpc) is 3.00. The Labute approximate surface area is 322 Å². The third-order valence-electron chi connectivity index (χ3n) is 11.4. The molecule has 0 fully saturated rings. The SMILES string of the molecule is CC(C)CCCC(C)CCCC(C)CCCC(C)CCOP(=O)(NCC[N+](C)(C)C)OCCC(C)CCCC(C)CCCC(C)CCCC(C)C. The summed E-state index contributed by atoms with van der Waals surface area (Å²) in [4.78, 5) is 0. The van der Waals surface area contributed by atoms with Gasteiger partial charge in [-0.2, -0.15) is 0 Å². The maximum atomic E-state index is 13.8. The highest BCUT2D eigenvalue weighted by Gasteiger charge is 2.26. The van der Waals surface area contributed by atoms with Gasteiger partial charge in [0.2, 0.25) is 0 Å². The van der Waals surface area contributed by atoms with Gasteiger partial charge in [-0.15, -0.1) is 0 Å². The third kappa shape index (κ3) is 34.3. The molecule has 0 radical (unpaired) electrons. The van der Waals surface area contributed by atoms with Crippen LogP contribution in [-0.4, -0.2) is 51.9 Å². The Kier molecular flexibility index (Phi) is 30.4. The molecule has 0 rings (SSSR count). The average molecular weight is 744 g/mol. The summed E-state index contributed by atoms with van der Waals surface area (Å²) in [5.41, 5.74) is 0. The number of hydrogen-bond donors (Lipinski definition) is 1. The molecule has 0 aliphatic carbocycles. The van der Waals surface area contributed by atoms with E-state index in [9.17, 15) is 4.57 Å². The topological polar surface area (TPSA) is 47.6 Å². The Bertz CT molecular complexity index is 775. The van der Waals surface area contributed by atoms with E-state index in [1.807, 2.05) is 0 Å². The van der Waals surface area contributed by atoms with E-state index in [0.29, 0.717) is 31.6 Å². The molecule has 0 saturated carbocycles. The number of rotatable bonds is 36. The van der Waals surface area contributed by atoms with Crippen molar-refractivity contribution in [1.82, 2.24) is 5.09 Å². The molecule has 0 amide bonds. The monoisotopic (exact) mass is 744 g/mol. The summed E-state index contributed by atoms with van der Waals surface area (Å²) >= 11 is 0. The van der Waals surface area contributed by atoms with Crippen LogP contribution in [0.5, 0.6) is 0 Å². The summed E-state index contributed by atoms with van der Waals surface area (Å²) in [6.07, 6.45) is 26.0. The lowest BCUT2D eigenvalue weighted by molar-refractivity contribution is -0.869. The zero-order chi connectivity index (χ0) is 38.7. The summed E-state index contributed by atoms with van der Waals surface area (Å²) in [5.74, 6) is 6.18. The molecule has 51 heavy (non-hydrogen) atoms. The van der Waals surface area contributed by atoms with Crippen LogP contribution in [0, 0.1) is 47.3 Å². The van der Waals surface area contributed by atoms with Gasteiger partial charge in [0, 0.05) is 0 Å². The Morgan fingerprint density at radius 1 is 0.431 bits per heavy atom. The number of quaternary nitrogens is 1. The molecular formula is C45H96N2O3P+. The quantitative estimate of drug-likeness (QED) is 0.0513. The molecule has 0 bridgehead atoms. The van der Waals surface area contributed by atoms with E-state index in [1.54, 1.807) is 0 Å². The van der Waals surface area contributed by atoms with Gasteiger partial charge in [0.25, 0.3) is 0 Å². The van der Waals surface area contributed by atoms with Gasteiger partial charge in [-0.05, 0) is 60.2 Å². The van der Waals surface area contributed by atoms with E-state index >= 15 is 0 Å². The van der Waals surface area contributed by atoms with Crippen LogP contribution in [-0.2, 0) is 13.6 Å². The molecule has 0 heterocycles. The number of likely N-dealkylation sites (N-methyl/N-ethyl adjacent to an activating group) is 1. The van der Waals surface area contributed by atoms with E-state index in [2.05, 4.69) is 95.5 Å². The molecule has 0 aliphatic rings. The normalized spacial score (nSPS) is 17.4. The molecule has 0 saturated heterocycles. The fourth-order valence-electron chi connectivity index (χ4n) is 7.27. The van der Waals surface area contributed by atoms with Gasteiger partial charge in [0.1, 0.15) is 0 Å². The number of nitrogens with one attached hydrogen (secondary N) is 1. The predicted molar refractivity (Wildman–Crippen MR) is 227 cm³/mol. The van der Waals surface area contributed by atoms with Gasteiger partial charge in [0.15, 0.2) is 0 Å². The van der Waals surface area contributed by atoms with Gasteiger partial charge in [-0.1, -0.05) is 185 Å². The van der Waals surface area contributed by atoms with Gasteiger partial charge in [-0.3, -0.25) is 9.05 Å². The first-order valence-corrected chi connectivity index (χ1v) is 23.9. The minimum Gasteiger partial charge on any atom is -0.330 e. The second-order valence-corrected chi connectivity index (χ2v) is 21.5. The molecule has 1 N–H and O–H groups in total. The van der Waals surface area contributed by atoms with Crippen molar-refractivity contribution in [2.24, 2.45) is 47.3 Å². The zero-order valence-corrected chi connectivity index (χ0v) is 38.1. The summed E-state index contributed by atoms with van der Waals surface area (Å²) in [6, 6.07) is 0. The second kappa shape index (κ2) is 30.3. The van der Waals surface area contributed by atoms with Crippen LogP contribution in [0.3, 0.4) is 0 Å². The molecule has 5 nitrogen and oxygen atoms in total. The molecule has 0 aromatic heterocycles. The van der Waals surface area contributed by atoms with Crippen LogP contribution in [0.2, 0.25) is 0 Å². The van der Waals surface area contributed by atoms with Crippen LogP contribution in [0.4, 0.5) is 0 Å². The molecule has 0 spiro atoms. The summed E-state index contributed by atoms with van der Waals surface area (Å²) in [7, 11) is 3.14. The van der Waals surface area contributed by atoms with E-state index in [1.165, 1.54) is 116 Å². The minimum atomic E-state index is -3.33. The molecule has 0 aromatic rings. The summed E-state index contributed by atoms with van der Waals surface area (Å²) in [5, 5.41) is 3.20. The van der Waals surface area contributed by atoms with Crippen LogP contribution in [0.1, 0.15) is 198 Å². The van der Waals surface area contributed by atoms with Crippen LogP contribution >= 0.6 is 7.75 Å². The van der Waals surface area contributed by atoms with Crippen molar-refractivity contribution in [1.29, 1.82) is 0 Å². The minimum absolute atomic E-state index is 0.490. The van der Waals surface area contributed by atoms with Crippen LogP contribution in [0.25, 0.3) is 0 Å². The molecule has 308 valence electrons. The first-order chi connectivity index (χ1) is 23.9. The first kappa shape index (κ1) is 51.1. The maximum Gasteiger partial charge on any atom is 0.405 e. The Morgan fingerprint density at radius 3 is 0.941 bits per heavy atom. The molecule has 0 aliphatic heterocycles. The standard InChI is InChI=1S/C45H96N2O3P/c1-38(2)20-14-22-40(5)24-16-26-42(7)28-18-30-44(9)32-36-49-51(48,46-34-35-47(11,12)13)50-37-33-45(10)31-19-29-43(8)27-17-25-41(6)23-15-21-39(3)4/h38-45H,14-37H2,1-13H3,(H,46,48)/q+1. The molecular weight excluding hydrogens is 647 g/mol. The largest absolute Gasteiger partial charge is 0.405 e. The third-order valence-corrected chi connectivity index (χ3v) is 13.0. The molecule has 6 heteroatoms. The highest BCUT2D eigenvalue weighted by molar-refractivity contribution is 7.51. The predicted octanol–water partition coefficient (Wildman–Crippen LogP) is 14.4. The van der Waals surface area contributed by atoms with Gasteiger partial charge >= 0.3 is 7.75 Å². The second-order valence-electron chi connectivity index (χ2n) is 19.7. The van der Waals surface area contributed by atoms with Gasteiger partial charge in [-0.25, -0.2) is 9.65 Å². The first-order valence-electron chi connectivity index (χ1n) is 22.3. The lowest BCUT2D eigenvalue weighted by Crippen LogP contribution is -2.40. The van der Waals surface area contributed by atoms with E-state index < -0.39 is 7.75 Å². The lowest BCUT2D eigenvalue weighted by Gasteiger charge is -2.26. The van der Waals surface area contributed by atoms with Crippen molar-refractivity contribution < 1.29 is 18.1 Å². The molecule has 6 unspecified atom stereocenters. The van der Waals surface area contributed by atoms with Crippen molar-refractivity contribution >= 4 is 7.75 Å². The van der Waals surface area contributed by atoms with Crippen molar-refractivity contribution in [3.63, 3.8) is 0 Å². The molecule has 0 aromatic carbocycles. The van der Waals surface area contributed by atoms with E-state index in [0.717, 1.165) is 59.4 Å². The fourth-order valence-corrected chi connectivity index (χ4v) is 8.60. The smallest absolute Gasteiger partial charge is 0.330 e. The lowest BCUT2D eigenvalue weighted by atomic mass is 9.91. The van der Waals surface area contributed by atoms with Crippen molar-refractivity contribution in [3.05, 3.63) is 0 Å². The summed E-state index contributed by atoms with van der Waals surface area (Å²) < 4.78 is 26.7. The van der Waals surface area contributed by atoms with Gasteiger partial charge < -0.3 is 4.48 Å². The van der Waals surface area contributed by atoms with Crippen molar-refractivity contribution in [2.45, 2.75) is 198 Å². The highest BCUT2D eigenvalue weighted by atomic mass is 31.2. The van der Waals surface area contributed by atoms with E-state index in [-0.39, 0.29) is 0 Å². The Hall–Kier alpha value is 0.0700. The van der Waals surface area contributed by atoms with E-state index in [4.69, 9.17) is 9.05 Å². The maximum absolute atomic E-state index is 13.8. The Morgan fingerprint density at radius 2 is 0.686 bits per heavy atom. The van der Waals surface area contributed by atoms with Crippen LogP contribution in [0.15, 0.2) is 0 Å². The summed E-state index contributed by atoms with van der Waals surface area (Å²) in [6.45, 7) is 26.2. The van der Waals surface area contributed by atoms with Crippen molar-refractivity contribution in [2.75, 3.05) is 47.4 Å². The molecule has 6 atom stereocenters. The fraction of sp³-hybridized carbons (Fsp3) is 1.00. The van der Waals surface area contributed by atoms with Gasteiger partial charge in [0.05, 0.1) is 47.4 Å². The highest BCUT2D eigenvalue weighted by Crippen LogP contribution is 2.44. The number of nitrogens with zero attached hydrogens (tertiary/aromatic N) is 1. The van der Waals surface area contributed by atoms with Crippen molar-refractivity contribution in [3.8, 4) is 0 Å².